The minimum Gasteiger partial charge on any atom is -0.508 e. The number of nitrogens with one attached hydrogen (secondary N) is 1. The van der Waals surface area contributed by atoms with Crippen molar-refractivity contribution in [3.05, 3.63) is 52.3 Å². The van der Waals surface area contributed by atoms with Crippen LogP contribution in [-0.4, -0.2) is 57.6 Å². The predicted octanol–water partition coefficient (Wildman–Crippen LogP) is 4.42. The van der Waals surface area contributed by atoms with Crippen molar-refractivity contribution in [3.63, 3.8) is 0 Å². The highest BCUT2D eigenvalue weighted by Crippen LogP contribution is 2.49. The molecule has 4 nitrogen and oxygen atoms in total. The van der Waals surface area contributed by atoms with Crippen molar-refractivity contribution in [2.24, 2.45) is 5.92 Å². The number of piperidine rings is 1. The van der Waals surface area contributed by atoms with Crippen molar-refractivity contribution in [1.29, 1.82) is 0 Å². The zero-order chi connectivity index (χ0) is 21.5. The lowest BCUT2D eigenvalue weighted by Crippen LogP contribution is -2.53. The third-order valence-corrected chi connectivity index (χ3v) is 8.14. The van der Waals surface area contributed by atoms with Crippen LogP contribution in [-0.2, 0) is 18.3 Å². The monoisotopic (exact) mass is 425 g/mol. The molecule has 0 unspecified atom stereocenters. The van der Waals surface area contributed by atoms with Crippen LogP contribution >= 0.6 is 12.2 Å². The second-order valence-electron chi connectivity index (χ2n) is 8.99. The first-order chi connectivity index (χ1) is 14.4. The Kier molecular flexibility index (Phi) is 5.95. The van der Waals surface area contributed by atoms with Gasteiger partial charge in [-0.2, -0.15) is 0 Å². The molecule has 30 heavy (non-hydrogen) atoms. The Morgan fingerprint density at radius 3 is 2.73 bits per heavy atom. The number of aromatic hydroxyl groups is 1. The Morgan fingerprint density at radius 2 is 2.07 bits per heavy atom. The van der Waals surface area contributed by atoms with E-state index in [-0.39, 0.29) is 5.41 Å². The van der Waals surface area contributed by atoms with E-state index in [2.05, 4.69) is 48.5 Å². The van der Waals surface area contributed by atoms with E-state index in [0.717, 1.165) is 62.7 Å². The molecule has 0 saturated carbocycles. The largest absolute Gasteiger partial charge is 0.508 e. The smallest absolute Gasteiger partial charge is 0.125 e. The summed E-state index contributed by atoms with van der Waals surface area (Å²) >= 11 is 5.87. The van der Waals surface area contributed by atoms with Crippen molar-refractivity contribution in [2.75, 3.05) is 32.7 Å². The SMILES string of the molecule is CCN1CC[C@]2(c3cccc(O)c3)Cc3c([nH]c(C(=S)N(CC)CC)c3C)C[C@H]2C1. The fourth-order valence-corrected chi connectivity index (χ4v) is 6.23. The molecule has 0 bridgehead atoms. The number of likely N-dealkylation sites (tertiary alicyclic amines) is 1. The zero-order valence-corrected chi connectivity index (χ0v) is 19.6. The molecule has 4 rings (SSSR count). The van der Waals surface area contributed by atoms with E-state index >= 15 is 0 Å². The maximum atomic E-state index is 10.2. The van der Waals surface area contributed by atoms with Gasteiger partial charge in [-0.1, -0.05) is 31.3 Å². The van der Waals surface area contributed by atoms with Gasteiger partial charge in [-0.05, 0) is 87.9 Å². The number of hydrogen-bond donors (Lipinski definition) is 2. The van der Waals surface area contributed by atoms with Crippen LogP contribution in [0.25, 0.3) is 0 Å². The van der Waals surface area contributed by atoms with Gasteiger partial charge in [0.05, 0.1) is 5.69 Å². The van der Waals surface area contributed by atoms with Crippen molar-refractivity contribution in [2.45, 2.75) is 52.4 Å². The first-order valence-corrected chi connectivity index (χ1v) is 11.9. The number of H-pyrrole nitrogens is 1. The Morgan fingerprint density at radius 1 is 1.30 bits per heavy atom. The molecule has 0 amide bonds. The fourth-order valence-electron chi connectivity index (χ4n) is 5.77. The van der Waals surface area contributed by atoms with Gasteiger partial charge in [0, 0.05) is 30.7 Å². The second kappa shape index (κ2) is 8.35. The second-order valence-corrected chi connectivity index (χ2v) is 9.37. The average Bonchev–Trinajstić information content (AvgIpc) is 3.07. The van der Waals surface area contributed by atoms with E-state index in [9.17, 15) is 5.11 Å². The number of hydrogen-bond acceptors (Lipinski definition) is 3. The van der Waals surface area contributed by atoms with Gasteiger partial charge in [0.1, 0.15) is 10.7 Å². The highest BCUT2D eigenvalue weighted by Gasteiger charge is 2.48. The highest BCUT2D eigenvalue weighted by molar-refractivity contribution is 7.80. The summed E-state index contributed by atoms with van der Waals surface area (Å²) in [5.41, 5.74) is 6.65. The van der Waals surface area contributed by atoms with Crippen LogP contribution in [0, 0.1) is 12.8 Å². The number of thiocarbonyl (C=S) groups is 1. The van der Waals surface area contributed by atoms with Gasteiger partial charge in [0.15, 0.2) is 0 Å². The van der Waals surface area contributed by atoms with E-state index in [1.807, 2.05) is 12.1 Å². The highest BCUT2D eigenvalue weighted by atomic mass is 32.1. The molecule has 1 aliphatic heterocycles. The Balaban J connectivity index is 1.78. The predicted molar refractivity (Wildman–Crippen MR) is 128 cm³/mol. The molecule has 0 radical (unpaired) electrons. The molecular weight excluding hydrogens is 390 g/mol. The minimum absolute atomic E-state index is 0.0818. The molecule has 2 atom stereocenters. The van der Waals surface area contributed by atoms with Crippen LogP contribution in [0.1, 0.15) is 55.3 Å². The van der Waals surface area contributed by atoms with Crippen molar-refractivity contribution < 1.29 is 5.11 Å². The molecule has 1 aromatic carbocycles. The minimum atomic E-state index is 0.0818. The van der Waals surface area contributed by atoms with Gasteiger partial charge >= 0.3 is 0 Å². The van der Waals surface area contributed by atoms with Gasteiger partial charge in [-0.3, -0.25) is 0 Å². The summed E-state index contributed by atoms with van der Waals surface area (Å²) in [5.74, 6) is 0.909. The lowest BCUT2D eigenvalue weighted by molar-refractivity contribution is 0.0849. The summed E-state index contributed by atoms with van der Waals surface area (Å²) in [6.07, 6.45) is 3.20. The molecule has 1 aromatic heterocycles. The Labute approximate surface area is 186 Å². The molecule has 1 aliphatic carbocycles. The summed E-state index contributed by atoms with van der Waals surface area (Å²) in [6.45, 7) is 14.0. The molecule has 1 fully saturated rings. The van der Waals surface area contributed by atoms with Gasteiger partial charge in [-0.15, -0.1) is 0 Å². The van der Waals surface area contributed by atoms with Crippen LogP contribution < -0.4 is 0 Å². The first kappa shape index (κ1) is 21.4. The van der Waals surface area contributed by atoms with Crippen LogP contribution in [0.4, 0.5) is 0 Å². The molecule has 162 valence electrons. The number of phenols is 1. The summed E-state index contributed by atoms with van der Waals surface area (Å²) in [7, 11) is 0. The number of aromatic nitrogens is 1. The van der Waals surface area contributed by atoms with E-state index in [4.69, 9.17) is 12.2 Å². The normalized spacial score (nSPS) is 23.7. The Hall–Kier alpha value is -1.85. The maximum absolute atomic E-state index is 10.2. The molecule has 2 aliphatic rings. The van der Waals surface area contributed by atoms with E-state index in [1.54, 1.807) is 6.07 Å². The standard InChI is InChI=1S/C25H35N3OS/c1-5-27-12-11-25(18-9-8-10-20(29)13-18)15-21-17(4)23(24(30)28(6-2)7-3)26-22(21)14-19(25)16-27/h8-10,13,19,26,29H,5-7,11-12,14-16H2,1-4H3/t19-,25+/m0/s1. The van der Waals surface area contributed by atoms with E-state index in [1.165, 1.54) is 22.4 Å². The van der Waals surface area contributed by atoms with Crippen molar-refractivity contribution in [3.8, 4) is 5.75 Å². The molecule has 2 aromatic rings. The van der Waals surface area contributed by atoms with Crippen LogP contribution in [0.15, 0.2) is 24.3 Å². The van der Waals surface area contributed by atoms with Gasteiger partial charge in [0.2, 0.25) is 0 Å². The van der Waals surface area contributed by atoms with Crippen LogP contribution in [0.2, 0.25) is 0 Å². The number of nitrogens with zero attached hydrogens (tertiary/aromatic N) is 2. The summed E-state index contributed by atoms with van der Waals surface area (Å²) in [4.78, 5) is 9.52. The van der Waals surface area contributed by atoms with Gasteiger partial charge in [-0.25, -0.2) is 0 Å². The van der Waals surface area contributed by atoms with Crippen LogP contribution in [0.3, 0.4) is 0 Å². The molecule has 2 N–H and O–H groups in total. The number of rotatable bonds is 5. The third-order valence-electron chi connectivity index (χ3n) is 7.68. The molecule has 1 saturated heterocycles. The maximum Gasteiger partial charge on any atom is 0.125 e. The summed E-state index contributed by atoms with van der Waals surface area (Å²) in [5, 5.41) is 10.2. The molecule has 0 spiro atoms. The summed E-state index contributed by atoms with van der Waals surface area (Å²) < 4.78 is 0. The number of fused-ring (bicyclic) bond motifs is 2. The lowest BCUT2D eigenvalue weighted by atomic mass is 9.58. The molecular formula is C25H35N3OS. The fraction of sp³-hybridized carbons (Fsp3) is 0.560. The zero-order valence-electron chi connectivity index (χ0n) is 18.8. The quantitative estimate of drug-likeness (QED) is 0.696. The topological polar surface area (TPSA) is 42.5 Å². The third kappa shape index (κ3) is 3.46. The Bertz CT molecular complexity index is 932. The van der Waals surface area contributed by atoms with E-state index in [0.29, 0.717) is 11.7 Å². The number of aromatic amines is 1. The first-order valence-electron chi connectivity index (χ1n) is 11.4. The lowest BCUT2D eigenvalue weighted by Gasteiger charge is -2.51. The average molecular weight is 426 g/mol. The van der Waals surface area contributed by atoms with Gasteiger partial charge in [0.25, 0.3) is 0 Å². The molecule has 2 heterocycles. The summed E-state index contributed by atoms with van der Waals surface area (Å²) in [6, 6.07) is 8.02. The van der Waals surface area contributed by atoms with E-state index < -0.39 is 0 Å². The number of benzene rings is 1. The van der Waals surface area contributed by atoms with Crippen molar-refractivity contribution in [1.82, 2.24) is 14.8 Å². The van der Waals surface area contributed by atoms with Crippen molar-refractivity contribution >= 4 is 17.2 Å². The van der Waals surface area contributed by atoms with Gasteiger partial charge < -0.3 is 19.9 Å². The number of phenolic OH excluding ortho intramolecular Hbond substituents is 1. The van der Waals surface area contributed by atoms with Crippen LogP contribution in [0.5, 0.6) is 5.75 Å². The molecule has 5 heteroatoms.